The SMILES string of the molecule is Br.CCn1c(=N)n(CC(=O)O)c2ccccc21. The fourth-order valence-electron chi connectivity index (χ4n) is 1.91. The Balaban J connectivity index is 0.00000144. The molecule has 1 aromatic carbocycles. The summed E-state index contributed by atoms with van der Waals surface area (Å²) in [5.41, 5.74) is 1.92. The minimum atomic E-state index is -0.933. The lowest BCUT2D eigenvalue weighted by Gasteiger charge is -1.98. The first-order chi connectivity index (χ1) is 7.65. The highest BCUT2D eigenvalue weighted by Gasteiger charge is 2.10. The van der Waals surface area contributed by atoms with E-state index in [4.69, 9.17) is 10.5 Å². The van der Waals surface area contributed by atoms with E-state index in [9.17, 15) is 4.79 Å². The number of aryl methyl sites for hydroxylation is 1. The van der Waals surface area contributed by atoms with Gasteiger partial charge in [-0.3, -0.25) is 14.8 Å². The molecular weight excluding hydrogens is 286 g/mol. The Kier molecular flexibility index (Phi) is 4.11. The Morgan fingerprint density at radius 3 is 2.29 bits per heavy atom. The number of nitrogens with one attached hydrogen (secondary N) is 1. The Morgan fingerprint density at radius 2 is 1.82 bits per heavy atom. The molecule has 0 saturated carbocycles. The van der Waals surface area contributed by atoms with Crippen LogP contribution in [0.4, 0.5) is 0 Å². The largest absolute Gasteiger partial charge is 0.480 e. The summed E-state index contributed by atoms with van der Waals surface area (Å²) in [5, 5.41) is 16.8. The molecule has 1 aromatic heterocycles. The van der Waals surface area contributed by atoms with Gasteiger partial charge in [0.05, 0.1) is 11.0 Å². The average molecular weight is 300 g/mol. The van der Waals surface area contributed by atoms with Gasteiger partial charge in [-0.05, 0) is 19.1 Å². The number of hydrogen-bond acceptors (Lipinski definition) is 2. The highest BCUT2D eigenvalue weighted by Crippen LogP contribution is 2.12. The Bertz CT molecular complexity index is 600. The van der Waals surface area contributed by atoms with Crippen molar-refractivity contribution >= 4 is 34.0 Å². The van der Waals surface area contributed by atoms with Crippen LogP contribution in [0.5, 0.6) is 0 Å². The molecule has 0 fully saturated rings. The molecular formula is C11H14BrN3O2. The highest BCUT2D eigenvalue weighted by atomic mass is 79.9. The van der Waals surface area contributed by atoms with Gasteiger partial charge in [0.15, 0.2) is 0 Å². The molecule has 2 rings (SSSR count). The number of imidazole rings is 1. The van der Waals surface area contributed by atoms with Crippen molar-refractivity contribution in [1.82, 2.24) is 9.13 Å². The van der Waals surface area contributed by atoms with Crippen LogP contribution >= 0.6 is 17.0 Å². The minimum absolute atomic E-state index is 0. The third-order valence-electron chi connectivity index (χ3n) is 2.58. The molecule has 0 aliphatic heterocycles. The highest BCUT2D eigenvalue weighted by molar-refractivity contribution is 8.93. The van der Waals surface area contributed by atoms with E-state index in [1.165, 1.54) is 4.57 Å². The third kappa shape index (κ3) is 2.26. The van der Waals surface area contributed by atoms with Gasteiger partial charge < -0.3 is 9.67 Å². The van der Waals surface area contributed by atoms with Crippen LogP contribution in [0.2, 0.25) is 0 Å². The lowest BCUT2D eigenvalue weighted by atomic mass is 10.3. The first kappa shape index (κ1) is 13.5. The van der Waals surface area contributed by atoms with E-state index >= 15 is 0 Å². The summed E-state index contributed by atoms with van der Waals surface area (Å²) in [6, 6.07) is 7.47. The third-order valence-corrected chi connectivity index (χ3v) is 2.58. The van der Waals surface area contributed by atoms with E-state index < -0.39 is 5.97 Å². The van der Waals surface area contributed by atoms with E-state index in [1.54, 1.807) is 4.57 Å². The number of carboxylic acid groups (broad SMARTS) is 1. The molecule has 0 bridgehead atoms. The second kappa shape index (κ2) is 5.18. The normalized spacial score (nSPS) is 10.2. The van der Waals surface area contributed by atoms with Crippen molar-refractivity contribution in [3.05, 3.63) is 29.9 Å². The lowest BCUT2D eigenvalue weighted by Crippen LogP contribution is -2.26. The van der Waals surface area contributed by atoms with Crippen molar-refractivity contribution in [2.75, 3.05) is 0 Å². The zero-order valence-corrected chi connectivity index (χ0v) is 11.1. The number of fused-ring (bicyclic) bond motifs is 1. The van der Waals surface area contributed by atoms with Crippen LogP contribution in [0.25, 0.3) is 11.0 Å². The summed E-state index contributed by atoms with van der Waals surface area (Å²) in [4.78, 5) is 10.7. The smallest absolute Gasteiger partial charge is 0.323 e. The number of carboxylic acids is 1. The standard InChI is InChI=1S/C11H13N3O2.BrH/c1-2-13-8-5-3-4-6-9(8)14(11(13)12)7-10(15)16;/h3-6,12H,2,7H2,1H3,(H,15,16);1H. The summed E-state index contributed by atoms with van der Waals surface area (Å²) in [6.45, 7) is 2.42. The first-order valence-electron chi connectivity index (χ1n) is 5.09. The van der Waals surface area contributed by atoms with Crippen LogP contribution in [0.1, 0.15) is 6.92 Å². The zero-order chi connectivity index (χ0) is 11.7. The molecule has 6 heteroatoms. The van der Waals surface area contributed by atoms with E-state index in [-0.39, 0.29) is 29.1 Å². The molecule has 0 unspecified atom stereocenters. The van der Waals surface area contributed by atoms with E-state index in [0.29, 0.717) is 6.54 Å². The maximum Gasteiger partial charge on any atom is 0.323 e. The molecule has 0 radical (unpaired) electrons. The van der Waals surface area contributed by atoms with E-state index in [0.717, 1.165) is 11.0 Å². The molecule has 0 saturated heterocycles. The molecule has 0 atom stereocenters. The number of para-hydroxylation sites is 2. The zero-order valence-electron chi connectivity index (χ0n) is 9.38. The van der Waals surface area contributed by atoms with Gasteiger partial charge in [0.25, 0.3) is 0 Å². The predicted molar refractivity (Wildman–Crippen MR) is 69.4 cm³/mol. The topological polar surface area (TPSA) is 71.0 Å². The number of nitrogens with zero attached hydrogens (tertiary/aromatic N) is 2. The minimum Gasteiger partial charge on any atom is -0.480 e. The molecule has 92 valence electrons. The summed E-state index contributed by atoms with van der Waals surface area (Å²) in [7, 11) is 0. The van der Waals surface area contributed by atoms with Crippen LogP contribution < -0.4 is 5.62 Å². The lowest BCUT2D eigenvalue weighted by molar-refractivity contribution is -0.137. The number of hydrogen-bond donors (Lipinski definition) is 2. The number of benzene rings is 1. The van der Waals surface area contributed by atoms with Gasteiger partial charge in [0.1, 0.15) is 6.54 Å². The molecule has 0 aliphatic rings. The van der Waals surface area contributed by atoms with Crippen molar-refractivity contribution in [3.63, 3.8) is 0 Å². The van der Waals surface area contributed by atoms with Crippen molar-refractivity contribution in [1.29, 1.82) is 5.41 Å². The quantitative estimate of drug-likeness (QED) is 0.904. The second-order valence-corrected chi connectivity index (χ2v) is 3.54. The van der Waals surface area contributed by atoms with E-state index in [1.807, 2.05) is 31.2 Å². The monoisotopic (exact) mass is 299 g/mol. The van der Waals surface area contributed by atoms with Crippen LogP contribution in [0.3, 0.4) is 0 Å². The van der Waals surface area contributed by atoms with Crippen molar-refractivity contribution in [2.45, 2.75) is 20.0 Å². The maximum atomic E-state index is 10.7. The number of aliphatic carboxylic acids is 1. The fraction of sp³-hybridized carbons (Fsp3) is 0.273. The van der Waals surface area contributed by atoms with Crippen molar-refractivity contribution < 1.29 is 9.90 Å². The Labute approximate surface area is 109 Å². The summed E-state index contributed by atoms with van der Waals surface area (Å²) in [5.74, 6) is -0.933. The van der Waals surface area contributed by atoms with Gasteiger partial charge in [-0.25, -0.2) is 0 Å². The molecule has 2 aromatic rings. The summed E-state index contributed by atoms with van der Waals surface area (Å²) < 4.78 is 3.29. The number of aromatic nitrogens is 2. The van der Waals surface area contributed by atoms with Crippen LogP contribution in [0.15, 0.2) is 24.3 Å². The summed E-state index contributed by atoms with van der Waals surface area (Å²) in [6.07, 6.45) is 0. The van der Waals surface area contributed by atoms with Crippen LogP contribution in [-0.2, 0) is 17.9 Å². The molecule has 2 N–H and O–H groups in total. The second-order valence-electron chi connectivity index (χ2n) is 3.54. The molecule has 1 heterocycles. The number of carbonyl (C=O) groups is 1. The maximum absolute atomic E-state index is 10.7. The van der Waals surface area contributed by atoms with Crippen molar-refractivity contribution in [2.24, 2.45) is 0 Å². The van der Waals surface area contributed by atoms with Gasteiger partial charge in [-0.15, -0.1) is 17.0 Å². The molecule has 17 heavy (non-hydrogen) atoms. The Morgan fingerprint density at radius 1 is 1.29 bits per heavy atom. The number of halogens is 1. The molecule has 0 aliphatic carbocycles. The van der Waals surface area contributed by atoms with Crippen molar-refractivity contribution in [3.8, 4) is 0 Å². The number of rotatable bonds is 3. The average Bonchev–Trinajstić information content (AvgIpc) is 2.52. The molecule has 0 amide bonds. The molecule has 0 spiro atoms. The Hall–Kier alpha value is -1.56. The fourth-order valence-corrected chi connectivity index (χ4v) is 1.91. The van der Waals surface area contributed by atoms with Crippen LogP contribution in [0, 0.1) is 5.41 Å². The van der Waals surface area contributed by atoms with Gasteiger partial charge in [-0.2, -0.15) is 0 Å². The van der Waals surface area contributed by atoms with Gasteiger partial charge in [0, 0.05) is 6.54 Å². The predicted octanol–water partition coefficient (Wildman–Crippen LogP) is 1.60. The van der Waals surface area contributed by atoms with Crippen LogP contribution in [-0.4, -0.2) is 20.2 Å². The van der Waals surface area contributed by atoms with Gasteiger partial charge >= 0.3 is 5.97 Å². The molecule has 5 nitrogen and oxygen atoms in total. The van der Waals surface area contributed by atoms with E-state index in [2.05, 4.69) is 0 Å². The van der Waals surface area contributed by atoms with Gasteiger partial charge in [0.2, 0.25) is 5.62 Å². The first-order valence-corrected chi connectivity index (χ1v) is 5.09. The summed E-state index contributed by atoms with van der Waals surface area (Å²) >= 11 is 0. The van der Waals surface area contributed by atoms with Gasteiger partial charge in [-0.1, -0.05) is 12.1 Å².